The number of carboxylic acids is 1. The molecule has 0 atom stereocenters. The van der Waals surface area contributed by atoms with Crippen LogP contribution in [0.4, 0.5) is 28.7 Å². The number of benzene rings is 2. The van der Waals surface area contributed by atoms with Crippen molar-refractivity contribution in [3.63, 3.8) is 0 Å². The molecule has 4 aromatic rings. The van der Waals surface area contributed by atoms with Crippen LogP contribution in [0.2, 0.25) is 10.3 Å². The van der Waals surface area contributed by atoms with Gasteiger partial charge in [0.05, 0.1) is 27.9 Å². The number of hydrogen-bond acceptors (Lipinski definition) is 7. The van der Waals surface area contributed by atoms with Gasteiger partial charge in [-0.1, -0.05) is 35.3 Å². The van der Waals surface area contributed by atoms with E-state index in [1.54, 1.807) is 41.3 Å². The number of phenols is 1. The molecule has 0 unspecified atom stereocenters. The number of aromatic nitrogens is 2. The SMILES string of the molecule is O=C(O)c1cc(I)c(N(C(=S)N(c2cccc(Cl)n2)c2ccc([N+](=O)[O-])cc2O)c2cccc(Cl)n2)c(I)c1. The number of anilines is 4. The molecule has 15 heteroatoms. The standard InChI is InChI=1S/C24H13Cl2I2N5O5S/c25-18-3-1-5-20(29-18)31(16-8-7-13(33(37)38)11-17(16)34)24(39)32(21-6-2-4-19(26)30-21)22-14(27)9-12(23(35)36)10-15(22)28/h1-11,34H,(H,35,36). The van der Waals surface area contributed by atoms with Crippen molar-refractivity contribution in [1.29, 1.82) is 0 Å². The number of carbonyl (C=O) groups is 1. The highest BCUT2D eigenvalue weighted by Crippen LogP contribution is 2.41. The summed E-state index contributed by atoms with van der Waals surface area (Å²) in [6, 6.07) is 16.1. The van der Waals surface area contributed by atoms with E-state index in [1.165, 1.54) is 29.2 Å². The number of aromatic hydroxyl groups is 1. The minimum absolute atomic E-state index is 0.00240. The van der Waals surface area contributed by atoms with Crippen LogP contribution in [0, 0.1) is 17.3 Å². The van der Waals surface area contributed by atoms with Crippen LogP contribution in [-0.2, 0) is 0 Å². The van der Waals surface area contributed by atoms with Gasteiger partial charge in [0.15, 0.2) is 5.11 Å². The number of rotatable bonds is 6. The highest BCUT2D eigenvalue weighted by molar-refractivity contribution is 14.1. The van der Waals surface area contributed by atoms with Gasteiger partial charge in [0.1, 0.15) is 27.7 Å². The molecule has 0 aliphatic carbocycles. The van der Waals surface area contributed by atoms with Crippen LogP contribution < -0.4 is 9.80 Å². The minimum atomic E-state index is -1.10. The number of non-ortho nitro benzene ring substituents is 1. The first kappa shape index (κ1) is 29.1. The molecule has 39 heavy (non-hydrogen) atoms. The Bertz CT molecular complexity index is 1620. The molecule has 0 aliphatic heterocycles. The molecule has 0 aliphatic rings. The van der Waals surface area contributed by atoms with Crippen LogP contribution in [-0.4, -0.2) is 36.2 Å². The Hall–Kier alpha value is -2.86. The molecule has 0 saturated heterocycles. The molecule has 0 amide bonds. The number of hydrogen-bond donors (Lipinski definition) is 2. The summed E-state index contributed by atoms with van der Waals surface area (Å²) in [5, 5.41) is 32.0. The highest BCUT2D eigenvalue weighted by Gasteiger charge is 2.30. The average Bonchev–Trinajstić information content (AvgIpc) is 2.87. The van der Waals surface area contributed by atoms with Crippen molar-refractivity contribution >= 4 is 120 Å². The Morgan fingerprint density at radius 3 is 1.92 bits per heavy atom. The number of phenolic OH excluding ortho intramolecular Hbond substituents is 1. The maximum absolute atomic E-state index is 11.7. The summed E-state index contributed by atoms with van der Waals surface area (Å²) >= 11 is 22.4. The van der Waals surface area contributed by atoms with E-state index in [-0.39, 0.29) is 44.0 Å². The summed E-state index contributed by atoms with van der Waals surface area (Å²) in [7, 11) is 0. The first-order chi connectivity index (χ1) is 18.5. The zero-order valence-corrected chi connectivity index (χ0v) is 25.8. The third-order valence-corrected chi connectivity index (χ3v) is 7.57. The van der Waals surface area contributed by atoms with Gasteiger partial charge in [0.2, 0.25) is 0 Å². The number of nitro groups is 1. The van der Waals surface area contributed by atoms with Gasteiger partial charge in [-0.3, -0.25) is 19.9 Å². The lowest BCUT2D eigenvalue weighted by Gasteiger charge is -2.34. The van der Waals surface area contributed by atoms with Gasteiger partial charge in [-0.2, -0.15) is 0 Å². The van der Waals surface area contributed by atoms with Crippen LogP contribution in [0.5, 0.6) is 5.75 Å². The Morgan fingerprint density at radius 2 is 1.46 bits per heavy atom. The summed E-state index contributed by atoms with van der Waals surface area (Å²) in [6.45, 7) is 0. The van der Waals surface area contributed by atoms with Gasteiger partial charge in [0.25, 0.3) is 5.69 Å². The molecule has 2 aromatic carbocycles. The molecule has 2 heterocycles. The number of pyridine rings is 2. The molecular weight excluding hydrogens is 795 g/mol. The Kier molecular flexibility index (Phi) is 9.05. The third kappa shape index (κ3) is 6.32. The van der Waals surface area contributed by atoms with Crippen LogP contribution in [0.1, 0.15) is 10.4 Å². The van der Waals surface area contributed by atoms with Crippen molar-refractivity contribution in [2.75, 3.05) is 9.80 Å². The topological polar surface area (TPSA) is 133 Å². The van der Waals surface area contributed by atoms with E-state index in [4.69, 9.17) is 35.4 Å². The van der Waals surface area contributed by atoms with Crippen molar-refractivity contribution < 1.29 is 19.9 Å². The summed E-state index contributed by atoms with van der Waals surface area (Å²) < 4.78 is 1.04. The largest absolute Gasteiger partial charge is 0.505 e. The Balaban J connectivity index is 2.00. The zero-order valence-electron chi connectivity index (χ0n) is 19.1. The van der Waals surface area contributed by atoms with Gasteiger partial charge in [-0.25, -0.2) is 14.8 Å². The fourth-order valence-corrected chi connectivity index (χ4v) is 6.44. The van der Waals surface area contributed by atoms with E-state index < -0.39 is 16.6 Å². The van der Waals surface area contributed by atoms with Gasteiger partial charge < -0.3 is 10.2 Å². The van der Waals surface area contributed by atoms with E-state index in [0.717, 1.165) is 6.07 Å². The normalized spacial score (nSPS) is 10.7. The van der Waals surface area contributed by atoms with Crippen molar-refractivity contribution in [2.24, 2.45) is 0 Å². The molecule has 4 rings (SSSR count). The maximum Gasteiger partial charge on any atom is 0.335 e. The summed E-state index contributed by atoms with van der Waals surface area (Å²) in [6.07, 6.45) is 0. The lowest BCUT2D eigenvalue weighted by Crippen LogP contribution is -2.39. The minimum Gasteiger partial charge on any atom is -0.505 e. The van der Waals surface area contributed by atoms with Crippen molar-refractivity contribution in [3.05, 3.63) is 99.9 Å². The van der Waals surface area contributed by atoms with E-state index >= 15 is 0 Å². The van der Waals surface area contributed by atoms with E-state index in [0.29, 0.717) is 12.8 Å². The monoisotopic (exact) mass is 807 g/mol. The lowest BCUT2D eigenvalue weighted by molar-refractivity contribution is -0.384. The molecule has 0 spiro atoms. The lowest BCUT2D eigenvalue weighted by atomic mass is 10.2. The highest BCUT2D eigenvalue weighted by atomic mass is 127. The zero-order chi connectivity index (χ0) is 28.4. The number of nitro benzene ring substituents is 1. The molecule has 198 valence electrons. The number of nitrogens with zero attached hydrogens (tertiary/aromatic N) is 5. The molecule has 10 nitrogen and oxygen atoms in total. The predicted molar refractivity (Wildman–Crippen MR) is 169 cm³/mol. The van der Waals surface area contributed by atoms with E-state index in [2.05, 4.69) is 9.97 Å². The Labute approximate surface area is 263 Å². The first-order valence-corrected chi connectivity index (χ1v) is 13.9. The van der Waals surface area contributed by atoms with Crippen molar-refractivity contribution in [1.82, 2.24) is 9.97 Å². The predicted octanol–water partition coefficient (Wildman–Crippen LogP) is 7.57. The molecule has 0 fully saturated rings. The number of aromatic carboxylic acids is 1. The van der Waals surface area contributed by atoms with Crippen LogP contribution >= 0.6 is 80.6 Å². The molecule has 0 bridgehead atoms. The fourth-order valence-electron chi connectivity index (χ4n) is 3.49. The second kappa shape index (κ2) is 12.1. The summed E-state index contributed by atoms with van der Waals surface area (Å²) in [4.78, 5) is 34.0. The number of carboxylic acid groups (broad SMARTS) is 1. The van der Waals surface area contributed by atoms with Crippen LogP contribution in [0.25, 0.3) is 0 Å². The quantitative estimate of drug-likeness (QED) is 0.0661. The molecule has 0 radical (unpaired) electrons. The fraction of sp³-hybridized carbons (Fsp3) is 0. The molecule has 2 N–H and O–H groups in total. The van der Waals surface area contributed by atoms with Gasteiger partial charge >= 0.3 is 5.97 Å². The second-order valence-electron chi connectivity index (χ2n) is 7.61. The van der Waals surface area contributed by atoms with Crippen LogP contribution in [0.15, 0.2) is 66.7 Å². The van der Waals surface area contributed by atoms with Gasteiger partial charge in [0, 0.05) is 13.2 Å². The molecule has 0 saturated carbocycles. The molecular formula is C24H13Cl2I2N5O5S. The Morgan fingerprint density at radius 1 is 0.923 bits per heavy atom. The smallest absolute Gasteiger partial charge is 0.335 e. The average molecular weight is 808 g/mol. The first-order valence-electron chi connectivity index (χ1n) is 10.6. The third-order valence-electron chi connectivity index (χ3n) is 5.14. The van der Waals surface area contributed by atoms with Crippen LogP contribution in [0.3, 0.4) is 0 Å². The van der Waals surface area contributed by atoms with Gasteiger partial charge in [-0.05, 0) is 99.9 Å². The van der Waals surface area contributed by atoms with E-state index in [1.807, 2.05) is 45.2 Å². The van der Waals surface area contributed by atoms with Crippen molar-refractivity contribution in [2.45, 2.75) is 0 Å². The molecule has 2 aromatic heterocycles. The number of halogens is 4. The van der Waals surface area contributed by atoms with Crippen molar-refractivity contribution in [3.8, 4) is 5.75 Å². The van der Waals surface area contributed by atoms with Gasteiger partial charge in [-0.15, -0.1) is 0 Å². The number of thiocarbonyl (C=S) groups is 1. The van der Waals surface area contributed by atoms with E-state index in [9.17, 15) is 25.1 Å². The maximum atomic E-state index is 11.7. The summed E-state index contributed by atoms with van der Waals surface area (Å²) in [5.41, 5.74) is 0.288. The summed E-state index contributed by atoms with van der Waals surface area (Å²) in [5.74, 6) is -1.08. The second-order valence-corrected chi connectivity index (χ2v) is 11.1.